The highest BCUT2D eigenvalue weighted by Gasteiger charge is 2.49. The fourth-order valence-electron chi connectivity index (χ4n) is 3.44. The van der Waals surface area contributed by atoms with Gasteiger partial charge in [0.1, 0.15) is 0 Å². The number of nitrogens with zero attached hydrogens (tertiary/aromatic N) is 2. The van der Waals surface area contributed by atoms with Gasteiger partial charge >= 0.3 is 0 Å². The van der Waals surface area contributed by atoms with Crippen LogP contribution in [0.15, 0.2) is 53.5 Å². The molecule has 2 fully saturated rings. The molecule has 0 bridgehead atoms. The molecule has 2 aliphatic rings. The van der Waals surface area contributed by atoms with E-state index in [-0.39, 0.29) is 35.1 Å². The Balaban J connectivity index is 1.68. The summed E-state index contributed by atoms with van der Waals surface area (Å²) in [5.41, 5.74) is 1.48. The SMILES string of the molecule is O=C(Cc1ccccc1)N=C1S[C@H]2CS(=O)(=O)C[C@H]2N1c1ccc(Cl)cc1Cl. The van der Waals surface area contributed by atoms with Crippen molar-refractivity contribution in [3.8, 4) is 0 Å². The largest absolute Gasteiger partial charge is 0.314 e. The average Bonchev–Trinajstić information content (AvgIpc) is 3.07. The average molecular weight is 455 g/mol. The maximum Gasteiger partial charge on any atom is 0.252 e. The summed E-state index contributed by atoms with van der Waals surface area (Å²) in [5.74, 6) is -0.211. The number of hydrogen-bond acceptors (Lipinski definition) is 4. The lowest BCUT2D eigenvalue weighted by Crippen LogP contribution is -2.38. The maximum absolute atomic E-state index is 12.5. The summed E-state index contributed by atoms with van der Waals surface area (Å²) in [6, 6.07) is 14.1. The van der Waals surface area contributed by atoms with Gasteiger partial charge in [-0.3, -0.25) is 4.79 Å². The molecule has 0 unspecified atom stereocenters. The number of rotatable bonds is 3. The molecule has 2 saturated heterocycles. The molecule has 2 aromatic rings. The lowest BCUT2D eigenvalue weighted by molar-refractivity contribution is -0.117. The first-order valence-electron chi connectivity index (χ1n) is 8.59. The molecule has 0 radical (unpaired) electrons. The van der Waals surface area contributed by atoms with Crippen LogP contribution in [0.25, 0.3) is 0 Å². The van der Waals surface area contributed by atoms with Gasteiger partial charge in [-0.05, 0) is 23.8 Å². The van der Waals surface area contributed by atoms with Crippen LogP contribution in [-0.2, 0) is 21.1 Å². The fourth-order valence-corrected chi connectivity index (χ4v) is 7.86. The van der Waals surface area contributed by atoms with Crippen molar-refractivity contribution in [1.82, 2.24) is 0 Å². The van der Waals surface area contributed by atoms with Crippen molar-refractivity contribution in [1.29, 1.82) is 0 Å². The van der Waals surface area contributed by atoms with Crippen LogP contribution in [0.1, 0.15) is 5.56 Å². The zero-order valence-corrected chi connectivity index (χ0v) is 17.7. The van der Waals surface area contributed by atoms with E-state index >= 15 is 0 Å². The highest BCUT2D eigenvalue weighted by atomic mass is 35.5. The molecule has 5 nitrogen and oxygen atoms in total. The Bertz CT molecular complexity index is 1060. The minimum Gasteiger partial charge on any atom is -0.314 e. The Morgan fingerprint density at radius 1 is 1.14 bits per heavy atom. The van der Waals surface area contributed by atoms with E-state index < -0.39 is 9.84 Å². The molecule has 1 amide bonds. The summed E-state index contributed by atoms with van der Waals surface area (Å²) in [5, 5.41) is 1.17. The first-order valence-corrected chi connectivity index (χ1v) is 12.0. The van der Waals surface area contributed by atoms with Crippen molar-refractivity contribution in [2.75, 3.05) is 16.4 Å². The van der Waals surface area contributed by atoms with Crippen molar-refractivity contribution in [2.24, 2.45) is 4.99 Å². The van der Waals surface area contributed by atoms with Crippen molar-refractivity contribution in [3.05, 3.63) is 64.1 Å². The molecule has 2 aliphatic heterocycles. The minimum absolute atomic E-state index is 0.00944. The van der Waals surface area contributed by atoms with Gasteiger partial charge in [0.15, 0.2) is 15.0 Å². The van der Waals surface area contributed by atoms with E-state index in [4.69, 9.17) is 23.2 Å². The molecular formula is C19H16Cl2N2O3S2. The number of amidine groups is 1. The van der Waals surface area contributed by atoms with Crippen molar-refractivity contribution in [2.45, 2.75) is 17.7 Å². The minimum atomic E-state index is -3.14. The Morgan fingerprint density at radius 2 is 1.89 bits per heavy atom. The zero-order chi connectivity index (χ0) is 19.9. The lowest BCUT2D eigenvalue weighted by atomic mass is 10.1. The molecule has 146 valence electrons. The number of benzene rings is 2. The molecule has 2 atom stereocenters. The second-order valence-electron chi connectivity index (χ2n) is 6.72. The quantitative estimate of drug-likeness (QED) is 0.704. The Labute approximate surface area is 177 Å². The topological polar surface area (TPSA) is 66.8 Å². The van der Waals surface area contributed by atoms with Crippen molar-refractivity contribution in [3.63, 3.8) is 0 Å². The van der Waals surface area contributed by atoms with Crippen LogP contribution >= 0.6 is 35.0 Å². The Kier molecular flexibility index (Phi) is 5.44. The van der Waals surface area contributed by atoms with E-state index in [1.54, 1.807) is 23.1 Å². The van der Waals surface area contributed by atoms with E-state index in [2.05, 4.69) is 4.99 Å². The van der Waals surface area contributed by atoms with Gasteiger partial charge in [0.2, 0.25) is 0 Å². The third-order valence-electron chi connectivity index (χ3n) is 4.65. The highest BCUT2D eigenvalue weighted by molar-refractivity contribution is 8.16. The molecule has 0 spiro atoms. The molecule has 28 heavy (non-hydrogen) atoms. The number of halogens is 2. The summed E-state index contributed by atoms with van der Waals surface area (Å²) in [4.78, 5) is 18.6. The van der Waals surface area contributed by atoms with Gasteiger partial charge in [-0.25, -0.2) is 8.42 Å². The van der Waals surface area contributed by atoms with E-state index in [1.807, 2.05) is 30.3 Å². The number of aliphatic imine (C=N–C) groups is 1. The summed E-state index contributed by atoms with van der Waals surface area (Å²) < 4.78 is 24.3. The summed E-state index contributed by atoms with van der Waals surface area (Å²) in [6.45, 7) is 0. The molecule has 0 aliphatic carbocycles. The summed E-state index contributed by atoms with van der Waals surface area (Å²) in [6.07, 6.45) is 0.181. The Morgan fingerprint density at radius 3 is 2.61 bits per heavy atom. The van der Waals surface area contributed by atoms with Crippen LogP contribution in [0.5, 0.6) is 0 Å². The molecule has 0 saturated carbocycles. The zero-order valence-electron chi connectivity index (χ0n) is 14.6. The van der Waals surface area contributed by atoms with Gasteiger partial charge in [0.25, 0.3) is 5.91 Å². The second-order valence-corrected chi connectivity index (χ2v) is 10.9. The standard InChI is InChI=1S/C19H16Cl2N2O3S2/c20-13-6-7-15(14(21)9-13)23-16-10-28(25,26)11-17(16)27-19(23)22-18(24)8-12-4-2-1-3-5-12/h1-7,9,16-17H,8,10-11H2/t16-,17+/m1/s1. The molecule has 2 aromatic carbocycles. The van der Waals surface area contributed by atoms with Crippen LogP contribution in [0.4, 0.5) is 5.69 Å². The predicted octanol–water partition coefficient (Wildman–Crippen LogP) is 3.84. The number of thioether (sulfide) groups is 1. The van der Waals surface area contributed by atoms with E-state index in [0.29, 0.717) is 20.9 Å². The number of carbonyl (C=O) groups excluding carboxylic acids is 1. The van der Waals surface area contributed by atoms with Gasteiger partial charge in [-0.15, -0.1) is 0 Å². The van der Waals surface area contributed by atoms with E-state index in [9.17, 15) is 13.2 Å². The van der Waals surface area contributed by atoms with Crippen molar-refractivity contribution < 1.29 is 13.2 Å². The van der Waals surface area contributed by atoms with Gasteiger partial charge < -0.3 is 4.90 Å². The molecule has 2 heterocycles. The summed E-state index contributed by atoms with van der Waals surface area (Å²) >= 11 is 13.7. The third kappa shape index (κ3) is 4.08. The second kappa shape index (κ2) is 7.71. The van der Waals surface area contributed by atoms with Gasteiger partial charge in [-0.2, -0.15) is 4.99 Å². The number of fused-ring (bicyclic) bond motifs is 1. The van der Waals surface area contributed by atoms with Gasteiger partial charge in [-0.1, -0.05) is 65.3 Å². The fraction of sp³-hybridized carbons (Fsp3) is 0.263. The molecule has 4 rings (SSSR count). The van der Waals surface area contributed by atoms with E-state index in [0.717, 1.165) is 5.56 Å². The number of sulfone groups is 1. The Hall–Kier alpha value is -1.54. The third-order valence-corrected chi connectivity index (χ3v) is 8.40. The van der Waals surface area contributed by atoms with Crippen LogP contribution in [0.3, 0.4) is 0 Å². The lowest BCUT2D eigenvalue weighted by Gasteiger charge is -2.25. The molecule has 0 aromatic heterocycles. The smallest absolute Gasteiger partial charge is 0.252 e. The normalized spacial score (nSPS) is 24.5. The van der Waals surface area contributed by atoms with Crippen LogP contribution in [0, 0.1) is 0 Å². The predicted molar refractivity (Wildman–Crippen MR) is 115 cm³/mol. The van der Waals surface area contributed by atoms with E-state index in [1.165, 1.54) is 11.8 Å². The van der Waals surface area contributed by atoms with Crippen LogP contribution < -0.4 is 4.90 Å². The molecular weight excluding hydrogens is 439 g/mol. The number of amides is 1. The first kappa shape index (κ1) is 19.8. The molecule has 0 N–H and O–H groups in total. The number of carbonyl (C=O) groups is 1. The maximum atomic E-state index is 12.5. The van der Waals surface area contributed by atoms with Gasteiger partial charge in [0.05, 0.1) is 34.7 Å². The number of anilines is 1. The number of hydrogen-bond donors (Lipinski definition) is 0. The molecule has 9 heteroatoms. The summed E-state index contributed by atoms with van der Waals surface area (Å²) in [7, 11) is -3.14. The monoisotopic (exact) mass is 454 g/mol. The van der Waals surface area contributed by atoms with Crippen LogP contribution in [0.2, 0.25) is 10.0 Å². The highest BCUT2D eigenvalue weighted by Crippen LogP contribution is 2.43. The van der Waals surface area contributed by atoms with Crippen LogP contribution in [-0.4, -0.2) is 42.3 Å². The van der Waals surface area contributed by atoms with Gasteiger partial charge in [0, 0.05) is 10.3 Å². The first-order chi connectivity index (χ1) is 13.3. The van der Waals surface area contributed by atoms with Crippen molar-refractivity contribution >= 4 is 61.6 Å².